The lowest BCUT2D eigenvalue weighted by molar-refractivity contribution is -0.300. The third-order valence-corrected chi connectivity index (χ3v) is 7.68. The van der Waals surface area contributed by atoms with Crippen molar-refractivity contribution >= 4 is 13.7 Å². The number of halogens is 1. The van der Waals surface area contributed by atoms with Crippen LogP contribution in [0.4, 0.5) is 4.39 Å². The zero-order valence-electron chi connectivity index (χ0n) is 22.4. The van der Waals surface area contributed by atoms with Gasteiger partial charge in [-0.3, -0.25) is 23.7 Å². The summed E-state index contributed by atoms with van der Waals surface area (Å²) < 4.78 is 69.6. The Morgan fingerprint density at radius 3 is 2.52 bits per heavy atom. The van der Waals surface area contributed by atoms with Crippen molar-refractivity contribution in [3.63, 3.8) is 0 Å². The molecule has 2 unspecified atom stereocenters. The predicted octanol–water partition coefficient (Wildman–Crippen LogP) is 1.97. The predicted molar refractivity (Wildman–Crippen MR) is 135 cm³/mol. The lowest BCUT2D eigenvalue weighted by Gasteiger charge is -2.28. The molecule has 2 aromatic rings. The molecule has 2 aliphatic heterocycles. The number of carbonyl (C=O) groups is 1. The summed E-state index contributed by atoms with van der Waals surface area (Å²) in [7, 11) is -3.23. The number of methoxy groups -OCH3 is 1. The Balaban J connectivity index is 1.63. The lowest BCUT2D eigenvalue weighted by atomic mass is 9.95. The summed E-state index contributed by atoms with van der Waals surface area (Å²) in [4.78, 5) is 38.6. The van der Waals surface area contributed by atoms with Gasteiger partial charge < -0.3 is 28.2 Å². The van der Waals surface area contributed by atoms with Crippen LogP contribution in [0.15, 0.2) is 52.2 Å². The molecule has 2 fully saturated rings. The number of alkyl halides is 1. The molecule has 14 nitrogen and oxygen atoms in total. The van der Waals surface area contributed by atoms with Crippen LogP contribution in [0.3, 0.4) is 0 Å². The summed E-state index contributed by atoms with van der Waals surface area (Å²) in [6.45, 7) is 3.67. The number of nitrogens with zero attached hydrogens (tertiary/aromatic N) is 1. The number of aromatic amines is 1. The van der Waals surface area contributed by atoms with Crippen LogP contribution >= 0.6 is 7.75 Å². The van der Waals surface area contributed by atoms with Gasteiger partial charge in [0.25, 0.3) is 17.9 Å². The van der Waals surface area contributed by atoms with Gasteiger partial charge in [0, 0.05) is 19.4 Å². The molecule has 2 aliphatic rings. The van der Waals surface area contributed by atoms with Crippen molar-refractivity contribution in [3.05, 3.63) is 63.4 Å². The van der Waals surface area contributed by atoms with Crippen LogP contribution in [0.2, 0.25) is 0 Å². The van der Waals surface area contributed by atoms with E-state index >= 15 is 4.39 Å². The van der Waals surface area contributed by atoms with E-state index < -0.39 is 74.0 Å². The van der Waals surface area contributed by atoms with E-state index in [2.05, 4.69) is 10.1 Å². The fourth-order valence-corrected chi connectivity index (χ4v) is 5.80. The number of nitrogens with one attached hydrogen (secondary N) is 2. The van der Waals surface area contributed by atoms with Crippen LogP contribution in [0.25, 0.3) is 0 Å². The number of fused-ring (bicyclic) bond motifs is 1. The summed E-state index contributed by atoms with van der Waals surface area (Å²) in [6, 6.07) is 7.75. The molecule has 2 saturated heterocycles. The van der Waals surface area contributed by atoms with Gasteiger partial charge in [-0.15, -0.1) is 0 Å². The second-order valence-corrected chi connectivity index (χ2v) is 11.3. The number of H-pyrrole nitrogens is 1. The first-order valence-corrected chi connectivity index (χ1v) is 13.8. The summed E-state index contributed by atoms with van der Waals surface area (Å²) >= 11 is 0. The first kappa shape index (κ1) is 30.1. The summed E-state index contributed by atoms with van der Waals surface area (Å²) in [5.74, 6) is -3.53. The van der Waals surface area contributed by atoms with Crippen LogP contribution in [0.1, 0.15) is 33.9 Å². The van der Waals surface area contributed by atoms with Crippen molar-refractivity contribution in [2.45, 2.75) is 70.1 Å². The number of rotatable bonds is 11. The van der Waals surface area contributed by atoms with Crippen molar-refractivity contribution in [1.82, 2.24) is 14.6 Å². The molecule has 0 radical (unpaired) electrons. The van der Waals surface area contributed by atoms with E-state index in [-0.39, 0.29) is 5.75 Å². The lowest BCUT2D eigenvalue weighted by Crippen LogP contribution is -2.48. The highest BCUT2D eigenvalue weighted by Gasteiger charge is 2.71. The molecule has 2 N–H and O–H groups in total. The molecular weight excluding hydrogens is 556 g/mol. The molecule has 7 atom stereocenters. The average molecular weight is 587 g/mol. The number of hydrogen-bond donors (Lipinski definition) is 2. The molecule has 4 rings (SSSR count). The smallest absolute Gasteiger partial charge is 0.459 e. The molecule has 16 heteroatoms. The Morgan fingerprint density at radius 2 is 1.90 bits per heavy atom. The zero-order chi connectivity index (χ0) is 29.3. The van der Waals surface area contributed by atoms with Gasteiger partial charge in [0.15, 0.2) is 12.3 Å². The minimum Gasteiger partial charge on any atom is -0.462 e. The molecule has 0 bridgehead atoms. The number of hydrogen-bond acceptors (Lipinski definition) is 11. The van der Waals surface area contributed by atoms with Gasteiger partial charge in [0.1, 0.15) is 24.0 Å². The maximum atomic E-state index is 16.6. The van der Waals surface area contributed by atoms with E-state index in [0.717, 1.165) is 16.8 Å². The Kier molecular flexibility index (Phi) is 8.66. The quantitative estimate of drug-likeness (QED) is 0.290. The second kappa shape index (κ2) is 11.5. The highest BCUT2D eigenvalue weighted by molar-refractivity contribution is 7.52. The average Bonchev–Trinajstić information content (AvgIpc) is 3.34. The fourth-order valence-electron chi connectivity index (χ4n) is 4.29. The molecule has 220 valence electrons. The monoisotopic (exact) mass is 587 g/mol. The van der Waals surface area contributed by atoms with E-state index in [0.29, 0.717) is 0 Å². The maximum absolute atomic E-state index is 16.6. The zero-order valence-corrected chi connectivity index (χ0v) is 23.3. The number of para-hydroxylation sites is 1. The van der Waals surface area contributed by atoms with Gasteiger partial charge in [-0.2, -0.15) is 5.09 Å². The highest BCUT2D eigenvalue weighted by Crippen LogP contribution is 2.55. The van der Waals surface area contributed by atoms with Crippen LogP contribution < -0.4 is 20.9 Å². The molecule has 0 saturated carbocycles. The number of esters is 1. The SMILES string of the molecule is COC1O[C@H]2[C@@](C)(O1)[C@H](n1ccc(=O)[nH]c1=O)O[C@]2(F)COP(=O)(N[C@H](C)C(=O)OC(C)C)Oc1ccccc1. The molecule has 0 amide bonds. The molecule has 0 spiro atoms. The van der Waals surface area contributed by atoms with E-state index in [1.54, 1.807) is 32.0 Å². The molecular formula is C24H31FN3O11P. The highest BCUT2D eigenvalue weighted by atomic mass is 31.2. The third kappa shape index (κ3) is 6.20. The van der Waals surface area contributed by atoms with Crippen molar-refractivity contribution < 1.29 is 46.5 Å². The number of aromatic nitrogens is 2. The summed E-state index contributed by atoms with van der Waals surface area (Å²) in [5, 5.41) is 2.46. The van der Waals surface area contributed by atoms with Crippen molar-refractivity contribution in [1.29, 1.82) is 0 Å². The number of ether oxygens (including phenoxy) is 5. The second-order valence-electron chi connectivity index (χ2n) is 9.63. The van der Waals surface area contributed by atoms with Crippen LogP contribution in [-0.4, -0.2) is 65.4 Å². The summed E-state index contributed by atoms with van der Waals surface area (Å²) in [6.07, 6.45) is -2.38. The molecule has 40 heavy (non-hydrogen) atoms. The molecule has 0 aliphatic carbocycles. The van der Waals surface area contributed by atoms with E-state index in [1.807, 2.05) is 0 Å². The fraction of sp³-hybridized carbons (Fsp3) is 0.542. The van der Waals surface area contributed by atoms with Gasteiger partial charge in [0.05, 0.1) is 6.10 Å². The number of benzene rings is 1. The van der Waals surface area contributed by atoms with E-state index in [1.165, 1.54) is 33.1 Å². The molecule has 1 aromatic heterocycles. The molecule has 1 aromatic carbocycles. The van der Waals surface area contributed by atoms with Gasteiger partial charge in [0.2, 0.25) is 0 Å². The van der Waals surface area contributed by atoms with Crippen molar-refractivity contribution in [3.8, 4) is 5.75 Å². The van der Waals surface area contributed by atoms with Crippen LogP contribution in [-0.2, 0) is 37.6 Å². The topological polar surface area (TPSA) is 166 Å². The summed E-state index contributed by atoms with van der Waals surface area (Å²) in [5.41, 5.74) is -3.25. The van der Waals surface area contributed by atoms with E-state index in [4.69, 9.17) is 32.7 Å². The standard InChI is InChI=1S/C24H31FN3O11P/c1-14(2)35-18(30)15(3)27-40(32,39-16-9-7-6-8-10-16)34-13-24(25)19-23(4,38-22(33-5)36-19)20(37-24)28-12-11-17(29)26-21(28)31/h6-12,14-15,19-20,22H,13H2,1-5H3,(H,27,32)(H,26,29,31)/t15-,19+,20-,22?,23-,24-,40?/m1/s1. The Bertz CT molecular complexity index is 1370. The molecule has 3 heterocycles. The van der Waals surface area contributed by atoms with Gasteiger partial charge in [-0.25, -0.2) is 13.8 Å². The van der Waals surface area contributed by atoms with Gasteiger partial charge in [-0.1, -0.05) is 18.2 Å². The van der Waals surface area contributed by atoms with E-state index in [9.17, 15) is 18.9 Å². The number of carbonyl (C=O) groups excluding carboxylic acids is 1. The normalized spacial score (nSPS) is 30.0. The first-order valence-electron chi connectivity index (χ1n) is 12.3. The Hall–Kier alpha value is -2.91. The van der Waals surface area contributed by atoms with Crippen LogP contribution in [0.5, 0.6) is 5.75 Å². The Morgan fingerprint density at radius 1 is 1.20 bits per heavy atom. The maximum Gasteiger partial charge on any atom is 0.459 e. The largest absolute Gasteiger partial charge is 0.462 e. The third-order valence-electron chi connectivity index (χ3n) is 6.06. The van der Waals surface area contributed by atoms with Crippen molar-refractivity contribution in [2.75, 3.05) is 13.7 Å². The van der Waals surface area contributed by atoms with Gasteiger partial charge >= 0.3 is 19.4 Å². The minimum absolute atomic E-state index is 0.102. The van der Waals surface area contributed by atoms with Crippen molar-refractivity contribution in [2.24, 2.45) is 0 Å². The Labute approximate surface area is 228 Å². The first-order chi connectivity index (χ1) is 18.8. The minimum atomic E-state index is -4.49. The van der Waals surface area contributed by atoms with Gasteiger partial charge in [-0.05, 0) is 39.8 Å². The van der Waals surface area contributed by atoms with Crippen LogP contribution in [0, 0.1) is 0 Å².